The Morgan fingerprint density at radius 2 is 2.36 bits per heavy atom. The highest BCUT2D eigenvalue weighted by Gasteiger charge is 2.39. The topological polar surface area (TPSA) is 35.2 Å². The van der Waals surface area contributed by atoms with Gasteiger partial charge in [0.25, 0.3) is 0 Å². The Morgan fingerprint density at radius 1 is 1.43 bits per heavy atom. The van der Waals surface area contributed by atoms with E-state index in [0.717, 1.165) is 37.2 Å². The zero-order valence-corrected chi connectivity index (χ0v) is 8.20. The van der Waals surface area contributed by atoms with E-state index >= 15 is 0 Å². The number of fused-ring (bicyclic) bond motifs is 1. The predicted octanol–water partition coefficient (Wildman–Crippen LogP) is 1.68. The average Bonchev–Trinajstić information content (AvgIpc) is 2.85. The van der Waals surface area contributed by atoms with E-state index in [0.29, 0.717) is 0 Å². The quantitative estimate of drug-likeness (QED) is 0.768. The van der Waals surface area contributed by atoms with Crippen molar-refractivity contribution in [2.75, 3.05) is 13.2 Å². The Hall–Kier alpha value is -1.02. The van der Waals surface area contributed by atoms with E-state index in [9.17, 15) is 0 Å². The lowest BCUT2D eigenvalue weighted by molar-refractivity contribution is 0.357. The first-order chi connectivity index (χ1) is 6.90. The molecule has 1 fully saturated rings. The smallest absolute Gasteiger partial charge is 0.122 e. The van der Waals surface area contributed by atoms with Gasteiger partial charge >= 0.3 is 0 Å². The number of benzene rings is 1. The highest BCUT2D eigenvalue weighted by molar-refractivity contribution is 5.46. The van der Waals surface area contributed by atoms with Crippen molar-refractivity contribution in [3.63, 3.8) is 0 Å². The molecule has 1 heterocycles. The Bertz CT molecular complexity index is 361. The van der Waals surface area contributed by atoms with E-state index in [2.05, 4.69) is 18.2 Å². The molecule has 0 radical (unpaired) electrons. The van der Waals surface area contributed by atoms with Crippen LogP contribution < -0.4 is 10.5 Å². The number of ether oxygens (including phenoxy) is 1. The molecule has 14 heavy (non-hydrogen) atoms. The maximum Gasteiger partial charge on any atom is 0.122 e. The van der Waals surface area contributed by atoms with Gasteiger partial charge in [-0.2, -0.15) is 0 Å². The van der Waals surface area contributed by atoms with E-state index in [1.54, 1.807) is 0 Å². The summed E-state index contributed by atoms with van der Waals surface area (Å²) in [6, 6.07) is 6.42. The molecule has 2 nitrogen and oxygen atoms in total. The molecule has 0 spiro atoms. The molecule has 1 aliphatic heterocycles. The standard InChI is InChI=1S/C12H15NO/c13-7-8-6-11(8)9-2-1-3-12-10(9)4-5-14-12/h1-3,8,11H,4-7,13H2. The summed E-state index contributed by atoms with van der Waals surface area (Å²) in [5.41, 5.74) is 8.61. The molecule has 2 N–H and O–H groups in total. The summed E-state index contributed by atoms with van der Waals surface area (Å²) in [6.07, 6.45) is 2.35. The van der Waals surface area contributed by atoms with Crippen molar-refractivity contribution < 1.29 is 4.74 Å². The minimum atomic E-state index is 0.719. The largest absolute Gasteiger partial charge is 0.493 e. The minimum absolute atomic E-state index is 0.719. The van der Waals surface area contributed by atoms with Crippen molar-refractivity contribution in [2.24, 2.45) is 11.7 Å². The van der Waals surface area contributed by atoms with E-state index in [4.69, 9.17) is 10.5 Å². The first-order valence-electron chi connectivity index (χ1n) is 5.35. The van der Waals surface area contributed by atoms with Gasteiger partial charge in [0.15, 0.2) is 0 Å². The van der Waals surface area contributed by atoms with Crippen molar-refractivity contribution in [2.45, 2.75) is 18.8 Å². The molecule has 1 saturated carbocycles. The summed E-state index contributed by atoms with van der Waals surface area (Å²) < 4.78 is 5.55. The summed E-state index contributed by atoms with van der Waals surface area (Å²) in [4.78, 5) is 0. The van der Waals surface area contributed by atoms with Gasteiger partial charge in [-0.1, -0.05) is 12.1 Å². The van der Waals surface area contributed by atoms with Crippen LogP contribution in [0.15, 0.2) is 18.2 Å². The Balaban J connectivity index is 1.95. The fraction of sp³-hybridized carbons (Fsp3) is 0.500. The highest BCUT2D eigenvalue weighted by atomic mass is 16.5. The van der Waals surface area contributed by atoms with Gasteiger partial charge in [0.1, 0.15) is 5.75 Å². The van der Waals surface area contributed by atoms with E-state index < -0.39 is 0 Å². The molecule has 2 heteroatoms. The summed E-state index contributed by atoms with van der Waals surface area (Å²) in [5.74, 6) is 2.55. The number of hydrogen-bond donors (Lipinski definition) is 1. The molecule has 2 unspecified atom stereocenters. The SMILES string of the molecule is NCC1CC1c1cccc2c1CCO2. The second kappa shape index (κ2) is 2.99. The number of rotatable bonds is 2. The van der Waals surface area contributed by atoms with Gasteiger partial charge in [-0.25, -0.2) is 0 Å². The molecule has 0 aromatic heterocycles. The number of nitrogens with two attached hydrogens (primary N) is 1. The molecule has 1 aromatic carbocycles. The maximum absolute atomic E-state index is 5.68. The molecule has 3 rings (SSSR count). The Labute approximate surface area is 84.1 Å². The molecule has 0 amide bonds. The summed E-state index contributed by atoms with van der Waals surface area (Å²) in [5, 5.41) is 0. The van der Waals surface area contributed by atoms with Crippen LogP contribution in [-0.4, -0.2) is 13.2 Å². The Kier molecular flexibility index (Phi) is 1.77. The van der Waals surface area contributed by atoms with Crippen molar-refractivity contribution in [1.29, 1.82) is 0 Å². The van der Waals surface area contributed by atoms with Crippen molar-refractivity contribution in [3.05, 3.63) is 29.3 Å². The van der Waals surface area contributed by atoms with E-state index in [-0.39, 0.29) is 0 Å². The van der Waals surface area contributed by atoms with Crippen LogP contribution in [0.2, 0.25) is 0 Å². The van der Waals surface area contributed by atoms with Crippen LogP contribution in [0.5, 0.6) is 5.75 Å². The van der Waals surface area contributed by atoms with Gasteiger partial charge in [-0.3, -0.25) is 0 Å². The summed E-state index contributed by atoms with van der Waals surface area (Å²) in [7, 11) is 0. The summed E-state index contributed by atoms with van der Waals surface area (Å²) >= 11 is 0. The second-order valence-electron chi connectivity index (χ2n) is 4.26. The van der Waals surface area contributed by atoms with Crippen LogP contribution in [0.1, 0.15) is 23.5 Å². The van der Waals surface area contributed by atoms with Gasteiger partial charge in [0, 0.05) is 12.0 Å². The van der Waals surface area contributed by atoms with Crippen LogP contribution in [-0.2, 0) is 6.42 Å². The van der Waals surface area contributed by atoms with Gasteiger partial charge in [-0.15, -0.1) is 0 Å². The highest BCUT2D eigenvalue weighted by Crippen LogP contribution is 2.49. The lowest BCUT2D eigenvalue weighted by Gasteiger charge is -2.05. The van der Waals surface area contributed by atoms with Gasteiger partial charge in [-0.05, 0) is 36.4 Å². The average molecular weight is 189 g/mol. The first-order valence-corrected chi connectivity index (χ1v) is 5.35. The third kappa shape index (κ3) is 1.14. The molecule has 74 valence electrons. The lowest BCUT2D eigenvalue weighted by atomic mass is 10.00. The molecule has 0 saturated heterocycles. The molecule has 2 aliphatic rings. The first kappa shape index (κ1) is 8.30. The number of hydrogen-bond acceptors (Lipinski definition) is 2. The van der Waals surface area contributed by atoms with Crippen LogP contribution in [0.3, 0.4) is 0 Å². The van der Waals surface area contributed by atoms with Gasteiger partial charge < -0.3 is 10.5 Å². The molecular weight excluding hydrogens is 174 g/mol. The van der Waals surface area contributed by atoms with Crippen LogP contribution in [0.4, 0.5) is 0 Å². The lowest BCUT2D eigenvalue weighted by Crippen LogP contribution is -2.02. The van der Waals surface area contributed by atoms with Crippen LogP contribution >= 0.6 is 0 Å². The van der Waals surface area contributed by atoms with Crippen LogP contribution in [0, 0.1) is 5.92 Å². The zero-order chi connectivity index (χ0) is 9.54. The fourth-order valence-electron chi connectivity index (χ4n) is 2.48. The monoisotopic (exact) mass is 189 g/mol. The van der Waals surface area contributed by atoms with Crippen LogP contribution in [0.25, 0.3) is 0 Å². The normalized spacial score (nSPS) is 28.4. The molecule has 1 aliphatic carbocycles. The fourth-order valence-corrected chi connectivity index (χ4v) is 2.48. The molecule has 0 bridgehead atoms. The van der Waals surface area contributed by atoms with Gasteiger partial charge in [0.2, 0.25) is 0 Å². The molecular formula is C12H15NO. The van der Waals surface area contributed by atoms with Crippen molar-refractivity contribution >= 4 is 0 Å². The van der Waals surface area contributed by atoms with E-state index in [1.165, 1.54) is 17.5 Å². The maximum atomic E-state index is 5.68. The zero-order valence-electron chi connectivity index (χ0n) is 8.20. The molecule has 1 aromatic rings. The van der Waals surface area contributed by atoms with E-state index in [1.807, 2.05) is 0 Å². The Morgan fingerprint density at radius 3 is 3.14 bits per heavy atom. The predicted molar refractivity (Wildman–Crippen MR) is 55.5 cm³/mol. The third-order valence-electron chi connectivity index (χ3n) is 3.40. The van der Waals surface area contributed by atoms with Crippen molar-refractivity contribution in [3.8, 4) is 5.75 Å². The minimum Gasteiger partial charge on any atom is -0.493 e. The van der Waals surface area contributed by atoms with Gasteiger partial charge in [0.05, 0.1) is 6.61 Å². The second-order valence-corrected chi connectivity index (χ2v) is 4.26. The third-order valence-corrected chi connectivity index (χ3v) is 3.40. The van der Waals surface area contributed by atoms with Crippen molar-refractivity contribution in [1.82, 2.24) is 0 Å². The summed E-state index contributed by atoms with van der Waals surface area (Å²) in [6.45, 7) is 1.68. The molecule has 2 atom stereocenters.